The van der Waals surface area contributed by atoms with Gasteiger partial charge in [0.1, 0.15) is 5.01 Å². The van der Waals surface area contributed by atoms with Crippen molar-refractivity contribution in [3.05, 3.63) is 64.1 Å². The lowest BCUT2D eigenvalue weighted by atomic mass is 10.1. The van der Waals surface area contributed by atoms with Crippen LogP contribution in [0.2, 0.25) is 5.02 Å². The molecule has 1 N–H and O–H groups in total. The molecule has 0 saturated carbocycles. The lowest BCUT2D eigenvalue weighted by Gasteiger charge is -2.19. The quantitative estimate of drug-likeness (QED) is 0.702. The molecular weight excluding hydrogens is 354 g/mol. The van der Waals surface area contributed by atoms with E-state index in [1.165, 1.54) is 4.70 Å². The number of amides is 1. The maximum atomic E-state index is 12.3. The van der Waals surface area contributed by atoms with E-state index in [4.69, 9.17) is 11.6 Å². The summed E-state index contributed by atoms with van der Waals surface area (Å²) in [6.45, 7) is 2.89. The minimum atomic E-state index is -0.128. The summed E-state index contributed by atoms with van der Waals surface area (Å²) in [4.78, 5) is 18.9. The summed E-state index contributed by atoms with van der Waals surface area (Å²) in [5.41, 5.74) is 1.93. The SMILES string of the molecule is C[C@@H](NC(=O)CN(C)Cc1nc2ccccc2s1)c1ccccc1Cl. The number of nitrogens with zero attached hydrogens (tertiary/aromatic N) is 2. The first-order valence-electron chi connectivity index (χ1n) is 8.09. The Morgan fingerprint density at radius 1 is 1.24 bits per heavy atom. The number of thiazole rings is 1. The molecule has 0 aliphatic carbocycles. The Bertz CT molecular complexity index is 847. The molecule has 1 amide bonds. The minimum Gasteiger partial charge on any atom is -0.348 e. The van der Waals surface area contributed by atoms with Crippen LogP contribution in [-0.2, 0) is 11.3 Å². The van der Waals surface area contributed by atoms with Crippen molar-refractivity contribution >= 4 is 39.1 Å². The fourth-order valence-corrected chi connectivity index (χ4v) is 4.06. The Labute approximate surface area is 156 Å². The molecule has 0 fully saturated rings. The summed E-state index contributed by atoms with van der Waals surface area (Å²) in [6.07, 6.45) is 0. The fourth-order valence-electron chi connectivity index (χ4n) is 2.71. The highest BCUT2D eigenvalue weighted by Crippen LogP contribution is 2.23. The first-order valence-corrected chi connectivity index (χ1v) is 9.29. The number of carbonyl (C=O) groups excluding carboxylic acids is 1. The highest BCUT2D eigenvalue weighted by atomic mass is 35.5. The van der Waals surface area contributed by atoms with Crippen molar-refractivity contribution in [1.82, 2.24) is 15.2 Å². The van der Waals surface area contributed by atoms with Crippen molar-refractivity contribution in [1.29, 1.82) is 0 Å². The molecule has 0 spiro atoms. The van der Waals surface area contributed by atoms with Gasteiger partial charge in [-0.05, 0) is 37.7 Å². The molecule has 0 unspecified atom stereocenters. The van der Waals surface area contributed by atoms with Crippen molar-refractivity contribution in [2.24, 2.45) is 0 Å². The molecule has 1 heterocycles. The highest BCUT2D eigenvalue weighted by molar-refractivity contribution is 7.18. The van der Waals surface area contributed by atoms with E-state index in [0.717, 1.165) is 16.1 Å². The molecule has 0 saturated heterocycles. The third-order valence-electron chi connectivity index (χ3n) is 3.91. The van der Waals surface area contributed by atoms with Crippen molar-refractivity contribution in [2.75, 3.05) is 13.6 Å². The van der Waals surface area contributed by atoms with E-state index in [9.17, 15) is 4.79 Å². The molecule has 130 valence electrons. The molecule has 0 bridgehead atoms. The summed E-state index contributed by atoms with van der Waals surface area (Å²) in [5, 5.41) is 4.67. The molecule has 25 heavy (non-hydrogen) atoms. The molecule has 0 aliphatic rings. The van der Waals surface area contributed by atoms with Crippen LogP contribution in [0.25, 0.3) is 10.2 Å². The van der Waals surface area contributed by atoms with E-state index < -0.39 is 0 Å². The number of hydrogen-bond acceptors (Lipinski definition) is 4. The van der Waals surface area contributed by atoms with Gasteiger partial charge in [0.15, 0.2) is 0 Å². The molecule has 0 radical (unpaired) electrons. The van der Waals surface area contributed by atoms with Crippen LogP contribution in [0.5, 0.6) is 0 Å². The van der Waals surface area contributed by atoms with Gasteiger partial charge in [0.05, 0.1) is 29.3 Å². The van der Waals surface area contributed by atoms with Gasteiger partial charge in [0.2, 0.25) is 5.91 Å². The van der Waals surface area contributed by atoms with Gasteiger partial charge in [-0.25, -0.2) is 4.98 Å². The number of rotatable bonds is 6. The third-order valence-corrected chi connectivity index (χ3v) is 5.27. The number of para-hydroxylation sites is 1. The van der Waals surface area contributed by atoms with Gasteiger partial charge in [0, 0.05) is 5.02 Å². The predicted octanol–water partition coefficient (Wildman–Crippen LogP) is 4.26. The summed E-state index contributed by atoms with van der Waals surface area (Å²) in [7, 11) is 1.92. The zero-order valence-corrected chi connectivity index (χ0v) is 15.8. The van der Waals surface area contributed by atoms with Gasteiger partial charge in [-0.15, -0.1) is 11.3 Å². The third kappa shape index (κ3) is 4.57. The molecule has 1 atom stereocenters. The fraction of sp³-hybridized carbons (Fsp3) is 0.263. The standard InChI is InChI=1S/C19H20ClN3OS/c1-13(14-7-3-4-8-15(14)20)21-18(24)11-23(2)12-19-22-16-9-5-6-10-17(16)25-19/h3-10,13H,11-12H2,1-2H3,(H,21,24)/t13-/m1/s1. The first-order chi connectivity index (χ1) is 12.0. The maximum absolute atomic E-state index is 12.3. The second-order valence-corrected chi connectivity index (χ2v) is 7.58. The van der Waals surface area contributed by atoms with Gasteiger partial charge in [0.25, 0.3) is 0 Å². The summed E-state index contributed by atoms with van der Waals surface area (Å²) in [5.74, 6) is -0.0315. The topological polar surface area (TPSA) is 45.2 Å². The Kier molecular flexibility index (Phi) is 5.68. The number of carbonyl (C=O) groups is 1. The lowest BCUT2D eigenvalue weighted by Crippen LogP contribution is -2.36. The molecule has 1 aromatic heterocycles. The monoisotopic (exact) mass is 373 g/mol. The molecule has 6 heteroatoms. The minimum absolute atomic E-state index is 0.0315. The van der Waals surface area contributed by atoms with E-state index in [1.54, 1.807) is 11.3 Å². The average molecular weight is 374 g/mol. The smallest absolute Gasteiger partial charge is 0.234 e. The number of likely N-dealkylation sites (N-methyl/N-ethyl adjacent to an activating group) is 1. The zero-order chi connectivity index (χ0) is 17.8. The van der Waals surface area contributed by atoms with Crippen LogP contribution in [0.4, 0.5) is 0 Å². The van der Waals surface area contributed by atoms with Gasteiger partial charge in [-0.2, -0.15) is 0 Å². The number of hydrogen-bond donors (Lipinski definition) is 1. The Hall–Kier alpha value is -1.95. The molecule has 4 nitrogen and oxygen atoms in total. The molecule has 2 aromatic carbocycles. The summed E-state index contributed by atoms with van der Waals surface area (Å²) in [6, 6.07) is 15.5. The van der Waals surface area contributed by atoms with Crippen LogP contribution >= 0.6 is 22.9 Å². The van der Waals surface area contributed by atoms with Crippen LogP contribution in [0, 0.1) is 0 Å². The number of aromatic nitrogens is 1. The Balaban J connectivity index is 1.56. The number of benzene rings is 2. The number of halogens is 1. The van der Waals surface area contributed by atoms with Gasteiger partial charge in [-0.1, -0.05) is 41.9 Å². The zero-order valence-electron chi connectivity index (χ0n) is 14.2. The summed E-state index contributed by atoms with van der Waals surface area (Å²) < 4.78 is 1.17. The summed E-state index contributed by atoms with van der Waals surface area (Å²) >= 11 is 7.85. The van der Waals surface area contributed by atoms with Crippen LogP contribution in [0.3, 0.4) is 0 Å². The van der Waals surface area contributed by atoms with Crippen molar-refractivity contribution < 1.29 is 4.79 Å². The maximum Gasteiger partial charge on any atom is 0.234 e. The molecule has 3 rings (SSSR count). The Morgan fingerprint density at radius 3 is 2.72 bits per heavy atom. The van der Waals surface area contributed by atoms with Crippen molar-refractivity contribution in [3.63, 3.8) is 0 Å². The second-order valence-electron chi connectivity index (χ2n) is 6.06. The molecule has 3 aromatic rings. The van der Waals surface area contributed by atoms with E-state index in [-0.39, 0.29) is 11.9 Å². The van der Waals surface area contributed by atoms with E-state index >= 15 is 0 Å². The molecule has 0 aliphatic heterocycles. The van der Waals surface area contributed by atoms with Crippen LogP contribution in [-0.4, -0.2) is 29.4 Å². The number of nitrogens with one attached hydrogen (secondary N) is 1. The van der Waals surface area contributed by atoms with Crippen molar-refractivity contribution in [2.45, 2.75) is 19.5 Å². The Morgan fingerprint density at radius 2 is 1.96 bits per heavy atom. The van der Waals surface area contributed by atoms with E-state index in [1.807, 2.05) is 61.3 Å². The van der Waals surface area contributed by atoms with Crippen LogP contribution in [0.1, 0.15) is 23.5 Å². The van der Waals surface area contributed by atoms with E-state index in [2.05, 4.69) is 16.4 Å². The van der Waals surface area contributed by atoms with E-state index in [0.29, 0.717) is 18.1 Å². The average Bonchev–Trinajstić information content (AvgIpc) is 2.96. The molecular formula is C19H20ClN3OS. The second kappa shape index (κ2) is 7.95. The first kappa shape index (κ1) is 17.9. The van der Waals surface area contributed by atoms with Crippen molar-refractivity contribution in [3.8, 4) is 0 Å². The number of fused-ring (bicyclic) bond motifs is 1. The largest absolute Gasteiger partial charge is 0.348 e. The van der Waals surface area contributed by atoms with Gasteiger partial charge < -0.3 is 5.32 Å². The van der Waals surface area contributed by atoms with Crippen LogP contribution < -0.4 is 5.32 Å². The normalized spacial score (nSPS) is 12.5. The highest BCUT2D eigenvalue weighted by Gasteiger charge is 2.14. The predicted molar refractivity (Wildman–Crippen MR) is 104 cm³/mol. The van der Waals surface area contributed by atoms with Gasteiger partial charge >= 0.3 is 0 Å². The van der Waals surface area contributed by atoms with Crippen LogP contribution in [0.15, 0.2) is 48.5 Å². The van der Waals surface area contributed by atoms with Gasteiger partial charge in [-0.3, -0.25) is 9.69 Å². The lowest BCUT2D eigenvalue weighted by molar-refractivity contribution is -0.122.